The van der Waals surface area contributed by atoms with E-state index in [0.29, 0.717) is 10.7 Å². The fourth-order valence-electron chi connectivity index (χ4n) is 2.23. The molecule has 5 heteroatoms. The lowest BCUT2D eigenvalue weighted by Crippen LogP contribution is -1.95. The Bertz CT molecular complexity index is 836. The van der Waals surface area contributed by atoms with Gasteiger partial charge in [-0.2, -0.15) is 0 Å². The van der Waals surface area contributed by atoms with Crippen LogP contribution in [0.1, 0.15) is 15.2 Å². The number of rotatable bonds is 4. The SMILES string of the molecule is COc1ccc(-c2nc(-c3ccc(C)cc3)sc2C(=O)O)cc1. The number of carboxylic acids is 1. The number of aromatic carboxylic acids is 1. The van der Waals surface area contributed by atoms with Crippen molar-refractivity contribution in [1.82, 2.24) is 4.98 Å². The van der Waals surface area contributed by atoms with Crippen molar-refractivity contribution in [3.8, 4) is 27.6 Å². The van der Waals surface area contributed by atoms with Gasteiger partial charge in [-0.05, 0) is 31.2 Å². The molecule has 0 amide bonds. The number of thiazole rings is 1. The number of carboxylic acid groups (broad SMARTS) is 1. The summed E-state index contributed by atoms with van der Waals surface area (Å²) in [6, 6.07) is 15.1. The number of benzene rings is 2. The molecule has 1 aromatic heterocycles. The molecule has 1 N–H and O–H groups in total. The predicted molar refractivity (Wildman–Crippen MR) is 91.2 cm³/mol. The van der Waals surface area contributed by atoms with Crippen molar-refractivity contribution in [3.05, 3.63) is 59.0 Å². The topological polar surface area (TPSA) is 59.4 Å². The molecule has 0 unspecified atom stereocenters. The number of hydrogen-bond donors (Lipinski definition) is 1. The van der Waals surface area contributed by atoms with Gasteiger partial charge in [-0.15, -0.1) is 11.3 Å². The summed E-state index contributed by atoms with van der Waals surface area (Å²) in [6.07, 6.45) is 0. The molecule has 23 heavy (non-hydrogen) atoms. The summed E-state index contributed by atoms with van der Waals surface area (Å²) in [5.41, 5.74) is 3.32. The molecule has 3 rings (SSSR count). The summed E-state index contributed by atoms with van der Waals surface area (Å²) in [4.78, 5) is 16.4. The van der Waals surface area contributed by atoms with Gasteiger partial charge in [0.05, 0.1) is 12.8 Å². The molecule has 0 bridgehead atoms. The number of ether oxygens (including phenoxy) is 1. The van der Waals surface area contributed by atoms with Crippen LogP contribution in [0.5, 0.6) is 5.75 Å². The van der Waals surface area contributed by atoms with E-state index in [4.69, 9.17) is 4.74 Å². The van der Waals surface area contributed by atoms with E-state index in [9.17, 15) is 9.90 Å². The van der Waals surface area contributed by atoms with Gasteiger partial charge in [0.25, 0.3) is 0 Å². The third-order valence-electron chi connectivity index (χ3n) is 3.48. The van der Waals surface area contributed by atoms with Gasteiger partial charge in [0.2, 0.25) is 0 Å². The van der Waals surface area contributed by atoms with Crippen molar-refractivity contribution in [2.45, 2.75) is 6.92 Å². The largest absolute Gasteiger partial charge is 0.497 e. The molecule has 4 nitrogen and oxygen atoms in total. The highest BCUT2D eigenvalue weighted by atomic mass is 32.1. The Balaban J connectivity index is 2.08. The molecule has 0 atom stereocenters. The van der Waals surface area contributed by atoms with Crippen molar-refractivity contribution in [1.29, 1.82) is 0 Å². The summed E-state index contributed by atoms with van der Waals surface area (Å²) >= 11 is 1.19. The quantitative estimate of drug-likeness (QED) is 0.767. The first-order chi connectivity index (χ1) is 11.1. The van der Waals surface area contributed by atoms with Crippen LogP contribution in [0.2, 0.25) is 0 Å². The average Bonchev–Trinajstić information content (AvgIpc) is 3.01. The van der Waals surface area contributed by atoms with E-state index in [0.717, 1.165) is 22.4 Å². The zero-order valence-electron chi connectivity index (χ0n) is 12.7. The fourth-order valence-corrected chi connectivity index (χ4v) is 3.16. The smallest absolute Gasteiger partial charge is 0.348 e. The second-order valence-corrected chi connectivity index (χ2v) is 6.10. The van der Waals surface area contributed by atoms with E-state index in [1.807, 2.05) is 43.3 Å². The van der Waals surface area contributed by atoms with Crippen LogP contribution < -0.4 is 4.74 Å². The number of aryl methyl sites for hydroxylation is 1. The molecular weight excluding hydrogens is 310 g/mol. The van der Waals surface area contributed by atoms with Crippen LogP contribution in [0.3, 0.4) is 0 Å². The van der Waals surface area contributed by atoms with Crippen molar-refractivity contribution < 1.29 is 14.6 Å². The Morgan fingerprint density at radius 3 is 2.22 bits per heavy atom. The van der Waals surface area contributed by atoms with Crippen LogP contribution in [-0.4, -0.2) is 23.2 Å². The summed E-state index contributed by atoms with van der Waals surface area (Å²) < 4.78 is 5.13. The molecule has 1 heterocycles. The molecule has 3 aromatic rings. The Kier molecular flexibility index (Phi) is 4.12. The number of methoxy groups -OCH3 is 1. The van der Waals surface area contributed by atoms with Crippen molar-refractivity contribution in [2.75, 3.05) is 7.11 Å². The highest BCUT2D eigenvalue weighted by Gasteiger charge is 2.19. The van der Waals surface area contributed by atoms with Crippen LogP contribution in [0.15, 0.2) is 48.5 Å². The van der Waals surface area contributed by atoms with E-state index in [1.165, 1.54) is 11.3 Å². The molecular formula is C18H15NO3S. The van der Waals surface area contributed by atoms with E-state index >= 15 is 0 Å². The molecule has 0 aliphatic heterocycles. The first-order valence-electron chi connectivity index (χ1n) is 7.04. The highest BCUT2D eigenvalue weighted by Crippen LogP contribution is 2.34. The van der Waals surface area contributed by atoms with Gasteiger partial charge >= 0.3 is 5.97 Å². The molecule has 0 saturated heterocycles. The number of aromatic nitrogens is 1. The first-order valence-corrected chi connectivity index (χ1v) is 7.85. The molecule has 0 aliphatic carbocycles. The average molecular weight is 325 g/mol. The highest BCUT2D eigenvalue weighted by molar-refractivity contribution is 7.17. The zero-order valence-corrected chi connectivity index (χ0v) is 13.6. The van der Waals surface area contributed by atoms with Gasteiger partial charge in [0.15, 0.2) is 0 Å². The monoisotopic (exact) mass is 325 g/mol. The second kappa shape index (κ2) is 6.22. The van der Waals surface area contributed by atoms with Crippen LogP contribution in [0.4, 0.5) is 0 Å². The number of nitrogens with zero attached hydrogens (tertiary/aromatic N) is 1. The Morgan fingerprint density at radius 1 is 1.04 bits per heavy atom. The number of hydrogen-bond acceptors (Lipinski definition) is 4. The maximum atomic E-state index is 11.6. The maximum Gasteiger partial charge on any atom is 0.348 e. The van der Waals surface area contributed by atoms with Gasteiger partial charge in [0.1, 0.15) is 15.6 Å². The third kappa shape index (κ3) is 3.10. The first kappa shape index (κ1) is 15.2. The van der Waals surface area contributed by atoms with Crippen LogP contribution in [0.25, 0.3) is 21.8 Å². The summed E-state index contributed by atoms with van der Waals surface area (Å²) in [6.45, 7) is 2.01. The summed E-state index contributed by atoms with van der Waals surface area (Å²) in [7, 11) is 1.59. The van der Waals surface area contributed by atoms with Gasteiger partial charge < -0.3 is 9.84 Å². The lowest BCUT2D eigenvalue weighted by molar-refractivity contribution is 0.0702. The van der Waals surface area contributed by atoms with Gasteiger partial charge in [-0.3, -0.25) is 0 Å². The molecule has 2 aromatic carbocycles. The molecule has 0 aliphatic rings. The van der Waals surface area contributed by atoms with Crippen molar-refractivity contribution in [2.24, 2.45) is 0 Å². The third-order valence-corrected chi connectivity index (χ3v) is 4.58. The Hall–Kier alpha value is -2.66. The van der Waals surface area contributed by atoms with E-state index in [1.54, 1.807) is 19.2 Å². The lowest BCUT2D eigenvalue weighted by atomic mass is 10.1. The summed E-state index contributed by atoms with van der Waals surface area (Å²) in [5, 5.41) is 10.2. The minimum Gasteiger partial charge on any atom is -0.497 e. The Labute approximate surface area is 138 Å². The standard InChI is InChI=1S/C18H15NO3S/c1-11-3-5-13(6-4-11)17-19-15(16(23-17)18(20)21)12-7-9-14(22-2)10-8-12/h3-10H,1-2H3,(H,20,21). The minimum absolute atomic E-state index is 0.241. The lowest BCUT2D eigenvalue weighted by Gasteiger charge is -2.02. The number of carbonyl (C=O) groups is 1. The van der Waals surface area contributed by atoms with Gasteiger partial charge in [-0.25, -0.2) is 9.78 Å². The zero-order chi connectivity index (χ0) is 16.4. The Morgan fingerprint density at radius 2 is 1.65 bits per heavy atom. The maximum absolute atomic E-state index is 11.6. The molecule has 0 radical (unpaired) electrons. The van der Waals surface area contributed by atoms with E-state index in [2.05, 4.69) is 4.98 Å². The van der Waals surface area contributed by atoms with Crippen molar-refractivity contribution >= 4 is 17.3 Å². The summed E-state index contributed by atoms with van der Waals surface area (Å²) in [5.74, 6) is -0.244. The minimum atomic E-state index is -0.966. The molecule has 0 spiro atoms. The predicted octanol–water partition coefficient (Wildman–Crippen LogP) is 4.49. The van der Waals surface area contributed by atoms with E-state index < -0.39 is 5.97 Å². The molecule has 0 fully saturated rings. The van der Waals surface area contributed by atoms with Gasteiger partial charge in [0, 0.05) is 11.1 Å². The van der Waals surface area contributed by atoms with E-state index in [-0.39, 0.29) is 4.88 Å². The van der Waals surface area contributed by atoms with Crippen LogP contribution >= 0.6 is 11.3 Å². The second-order valence-electron chi connectivity index (χ2n) is 5.10. The van der Waals surface area contributed by atoms with Crippen molar-refractivity contribution in [3.63, 3.8) is 0 Å². The normalized spacial score (nSPS) is 10.5. The van der Waals surface area contributed by atoms with Gasteiger partial charge in [-0.1, -0.05) is 29.8 Å². The van der Waals surface area contributed by atoms with Crippen LogP contribution in [0, 0.1) is 6.92 Å². The molecule has 116 valence electrons. The molecule has 0 saturated carbocycles. The fraction of sp³-hybridized carbons (Fsp3) is 0.111. The van der Waals surface area contributed by atoms with Crippen LogP contribution in [-0.2, 0) is 0 Å².